The van der Waals surface area contributed by atoms with Gasteiger partial charge in [-0.25, -0.2) is 8.42 Å². The van der Waals surface area contributed by atoms with Gasteiger partial charge < -0.3 is 5.32 Å². The summed E-state index contributed by atoms with van der Waals surface area (Å²) in [4.78, 5) is 15.0. The molecule has 1 heterocycles. The summed E-state index contributed by atoms with van der Waals surface area (Å²) in [7, 11) is -3.46. The van der Waals surface area contributed by atoms with Crippen molar-refractivity contribution < 1.29 is 13.2 Å². The fraction of sp³-hybridized carbons (Fsp3) is 0.476. The van der Waals surface area contributed by atoms with Crippen LogP contribution in [0.15, 0.2) is 35.2 Å². The summed E-state index contributed by atoms with van der Waals surface area (Å²) in [6.07, 6.45) is 4.54. The zero-order valence-electron chi connectivity index (χ0n) is 16.7. The zero-order chi connectivity index (χ0) is 20.3. The summed E-state index contributed by atoms with van der Waals surface area (Å²) in [6.45, 7) is 6.46. The Balaban J connectivity index is 1.70. The van der Waals surface area contributed by atoms with Crippen LogP contribution in [0.3, 0.4) is 0 Å². The van der Waals surface area contributed by atoms with Gasteiger partial charge in [0, 0.05) is 18.0 Å². The van der Waals surface area contributed by atoms with E-state index in [4.69, 9.17) is 0 Å². The second-order valence-electron chi connectivity index (χ2n) is 7.12. The Kier molecular flexibility index (Phi) is 6.58. The average Bonchev–Trinajstić information content (AvgIpc) is 3.13. The maximum Gasteiger partial charge on any atom is 0.261 e. The van der Waals surface area contributed by atoms with Crippen LogP contribution >= 0.6 is 11.3 Å². The number of rotatable bonds is 7. The first-order valence-electron chi connectivity index (χ1n) is 9.89. The van der Waals surface area contributed by atoms with E-state index in [2.05, 4.69) is 5.32 Å². The smallest absolute Gasteiger partial charge is 0.261 e. The number of nitrogens with one attached hydrogen (secondary N) is 1. The zero-order valence-corrected chi connectivity index (χ0v) is 18.3. The first-order valence-corrected chi connectivity index (χ1v) is 12.1. The number of hydrogen-bond acceptors (Lipinski definition) is 4. The van der Waals surface area contributed by atoms with Crippen LogP contribution in [0.4, 0.5) is 0 Å². The minimum atomic E-state index is -3.46. The SMILES string of the molecule is CCN(CC)S(=O)(=O)c1ccc(C(C)NC(=O)c2cc3c(s2)CCCC3)cc1. The molecule has 1 atom stereocenters. The fourth-order valence-corrected chi connectivity index (χ4v) is 6.21. The van der Waals surface area contributed by atoms with E-state index < -0.39 is 10.0 Å². The molecule has 0 saturated carbocycles. The third-order valence-corrected chi connectivity index (χ3v) is 8.59. The van der Waals surface area contributed by atoms with Crippen LogP contribution in [0.5, 0.6) is 0 Å². The van der Waals surface area contributed by atoms with E-state index in [0.29, 0.717) is 13.1 Å². The van der Waals surface area contributed by atoms with Crippen LogP contribution in [0.1, 0.15) is 65.3 Å². The summed E-state index contributed by atoms with van der Waals surface area (Å²) in [5, 5.41) is 3.04. The molecule has 7 heteroatoms. The first-order chi connectivity index (χ1) is 13.4. The van der Waals surface area contributed by atoms with Crippen molar-refractivity contribution in [3.63, 3.8) is 0 Å². The van der Waals surface area contributed by atoms with Gasteiger partial charge in [-0.05, 0) is 61.9 Å². The molecule has 28 heavy (non-hydrogen) atoms. The number of fused-ring (bicyclic) bond motifs is 1. The molecule has 0 fully saturated rings. The lowest BCUT2D eigenvalue weighted by Gasteiger charge is -2.19. The van der Waals surface area contributed by atoms with Crippen molar-refractivity contribution in [3.8, 4) is 0 Å². The Labute approximate surface area is 171 Å². The van der Waals surface area contributed by atoms with Crippen molar-refractivity contribution in [2.75, 3.05) is 13.1 Å². The predicted octanol–water partition coefficient (Wildman–Crippen LogP) is 4.15. The van der Waals surface area contributed by atoms with E-state index in [-0.39, 0.29) is 16.8 Å². The maximum absolute atomic E-state index is 12.6. The van der Waals surface area contributed by atoms with Crippen LogP contribution in [0, 0.1) is 0 Å². The molecule has 1 N–H and O–H groups in total. The Morgan fingerprint density at radius 2 is 1.79 bits per heavy atom. The van der Waals surface area contributed by atoms with Gasteiger partial charge in [-0.15, -0.1) is 11.3 Å². The average molecular weight is 421 g/mol. The van der Waals surface area contributed by atoms with Gasteiger partial charge in [0.25, 0.3) is 5.91 Å². The van der Waals surface area contributed by atoms with Crippen molar-refractivity contribution in [1.29, 1.82) is 0 Å². The number of hydrogen-bond donors (Lipinski definition) is 1. The van der Waals surface area contributed by atoms with Gasteiger partial charge >= 0.3 is 0 Å². The van der Waals surface area contributed by atoms with Gasteiger partial charge in [0.15, 0.2) is 0 Å². The number of carbonyl (C=O) groups excluding carboxylic acids is 1. The van der Waals surface area contributed by atoms with Gasteiger partial charge in [0.05, 0.1) is 15.8 Å². The van der Waals surface area contributed by atoms with E-state index in [1.807, 2.05) is 26.8 Å². The Morgan fingerprint density at radius 3 is 2.39 bits per heavy atom. The second-order valence-corrected chi connectivity index (χ2v) is 10.2. The Morgan fingerprint density at radius 1 is 1.14 bits per heavy atom. The molecule has 0 spiro atoms. The lowest BCUT2D eigenvalue weighted by Crippen LogP contribution is -2.30. The molecule has 0 radical (unpaired) electrons. The molecule has 0 bridgehead atoms. The number of benzene rings is 1. The van der Waals surface area contributed by atoms with Crippen LogP contribution < -0.4 is 5.32 Å². The molecule has 1 aliphatic carbocycles. The quantitative estimate of drug-likeness (QED) is 0.732. The summed E-state index contributed by atoms with van der Waals surface area (Å²) >= 11 is 1.60. The molecule has 152 valence electrons. The van der Waals surface area contributed by atoms with Crippen molar-refractivity contribution in [3.05, 3.63) is 51.2 Å². The van der Waals surface area contributed by atoms with Gasteiger partial charge in [0.1, 0.15) is 0 Å². The molecule has 0 aliphatic heterocycles. The van der Waals surface area contributed by atoms with Crippen LogP contribution in [0.2, 0.25) is 0 Å². The summed E-state index contributed by atoms with van der Waals surface area (Å²) in [6, 6.07) is 8.63. The molecule has 2 aromatic rings. The Hall–Kier alpha value is -1.70. The number of nitrogens with zero attached hydrogens (tertiary/aromatic N) is 1. The van der Waals surface area contributed by atoms with E-state index in [1.54, 1.807) is 35.6 Å². The molecule has 5 nitrogen and oxygen atoms in total. The van der Waals surface area contributed by atoms with Crippen LogP contribution in [-0.2, 0) is 22.9 Å². The van der Waals surface area contributed by atoms with Crippen molar-refractivity contribution in [1.82, 2.24) is 9.62 Å². The van der Waals surface area contributed by atoms with E-state index in [9.17, 15) is 13.2 Å². The molecular formula is C21H28N2O3S2. The third-order valence-electron chi connectivity index (χ3n) is 5.29. The van der Waals surface area contributed by atoms with Gasteiger partial charge in [-0.2, -0.15) is 4.31 Å². The number of amides is 1. The van der Waals surface area contributed by atoms with E-state index in [0.717, 1.165) is 23.3 Å². The lowest BCUT2D eigenvalue weighted by atomic mass is 9.99. The standard InChI is InChI=1S/C21H28N2O3S2/c1-4-23(5-2)28(25,26)18-12-10-16(11-13-18)15(3)22-21(24)20-14-17-8-6-7-9-19(17)27-20/h10-15H,4-9H2,1-3H3,(H,22,24). The normalized spacial score (nSPS) is 15.3. The molecule has 3 rings (SSSR count). The molecular weight excluding hydrogens is 392 g/mol. The molecule has 1 aliphatic rings. The maximum atomic E-state index is 12.6. The van der Waals surface area contributed by atoms with Gasteiger partial charge in [-0.3, -0.25) is 4.79 Å². The molecule has 1 unspecified atom stereocenters. The highest BCUT2D eigenvalue weighted by atomic mass is 32.2. The number of aryl methyl sites for hydroxylation is 2. The van der Waals surface area contributed by atoms with Crippen LogP contribution in [0.25, 0.3) is 0 Å². The molecule has 1 aromatic heterocycles. The lowest BCUT2D eigenvalue weighted by molar-refractivity contribution is 0.0944. The minimum Gasteiger partial charge on any atom is -0.345 e. The van der Waals surface area contributed by atoms with Crippen molar-refractivity contribution >= 4 is 27.3 Å². The topological polar surface area (TPSA) is 66.5 Å². The fourth-order valence-electron chi connectivity index (χ4n) is 3.59. The third kappa shape index (κ3) is 4.31. The number of carbonyl (C=O) groups is 1. The summed E-state index contributed by atoms with van der Waals surface area (Å²) < 4.78 is 26.6. The summed E-state index contributed by atoms with van der Waals surface area (Å²) in [5.41, 5.74) is 2.20. The highest BCUT2D eigenvalue weighted by Crippen LogP contribution is 2.30. The minimum absolute atomic E-state index is 0.0632. The van der Waals surface area contributed by atoms with Crippen LogP contribution in [-0.4, -0.2) is 31.7 Å². The second kappa shape index (κ2) is 8.76. The highest BCUT2D eigenvalue weighted by molar-refractivity contribution is 7.89. The number of sulfonamides is 1. The first kappa shape index (κ1) is 21.0. The van der Waals surface area contributed by atoms with Gasteiger partial charge in [0.2, 0.25) is 10.0 Å². The monoisotopic (exact) mass is 420 g/mol. The summed E-state index contributed by atoms with van der Waals surface area (Å²) in [5.74, 6) is -0.0632. The largest absolute Gasteiger partial charge is 0.345 e. The van der Waals surface area contributed by atoms with E-state index in [1.165, 1.54) is 27.6 Å². The molecule has 1 amide bonds. The van der Waals surface area contributed by atoms with Crippen molar-refractivity contribution in [2.24, 2.45) is 0 Å². The van der Waals surface area contributed by atoms with E-state index >= 15 is 0 Å². The number of thiophene rings is 1. The molecule has 1 aromatic carbocycles. The van der Waals surface area contributed by atoms with Crippen molar-refractivity contribution in [2.45, 2.75) is 57.4 Å². The molecule has 0 saturated heterocycles. The van der Waals surface area contributed by atoms with Gasteiger partial charge in [-0.1, -0.05) is 26.0 Å². The Bertz CT molecular complexity index is 906. The highest BCUT2D eigenvalue weighted by Gasteiger charge is 2.22. The predicted molar refractivity (Wildman–Crippen MR) is 113 cm³/mol.